The minimum Gasteiger partial charge on any atom is -0.356 e. The van der Waals surface area contributed by atoms with Crippen molar-refractivity contribution in [3.8, 4) is 22.3 Å². The van der Waals surface area contributed by atoms with Crippen molar-refractivity contribution in [2.24, 2.45) is 0 Å². The molecule has 47 heavy (non-hydrogen) atoms. The third-order valence-electron chi connectivity index (χ3n) is 12.1. The van der Waals surface area contributed by atoms with Crippen LogP contribution in [0.1, 0.15) is 0 Å². The zero-order chi connectivity index (χ0) is 34.2. The molecule has 0 saturated heterocycles. The Morgan fingerprint density at radius 3 is 0.766 bits per heavy atom. The van der Waals surface area contributed by atoms with E-state index < -0.39 is 0 Å². The highest BCUT2D eigenvalue weighted by Crippen LogP contribution is 2.25. The summed E-state index contributed by atoms with van der Waals surface area (Å²) in [4.78, 5) is 0. The highest BCUT2D eigenvalue weighted by molar-refractivity contribution is 6.73. The largest absolute Gasteiger partial charge is 0.356 e. The smallest absolute Gasteiger partial charge is 0.140 e. The molecule has 6 aromatic rings. The minimum atomic E-state index is 1.10. The van der Waals surface area contributed by atoms with Crippen LogP contribution in [-0.4, -0.2) is 110 Å². The normalized spacial score (nSPS) is 11.3. The van der Waals surface area contributed by atoms with Gasteiger partial charge in [0.25, 0.3) is 0 Å². The quantitative estimate of drug-likeness (QED) is 0.203. The molecule has 0 aromatic heterocycles. The van der Waals surface area contributed by atoms with E-state index in [1.54, 1.807) is 0 Å². The topological polar surface area (TPSA) is 12.0 Å². The van der Waals surface area contributed by atoms with Gasteiger partial charge in [-0.2, -0.15) is 0 Å². The summed E-state index contributed by atoms with van der Waals surface area (Å²) in [6, 6.07) is 18.0. The molecule has 6 rings (SSSR count). The first-order valence-electron chi connectivity index (χ1n) is 17.1. The average molecular weight is 587 g/mol. The van der Waals surface area contributed by atoms with Crippen molar-refractivity contribution >= 4 is 219 Å². The van der Waals surface area contributed by atoms with Crippen molar-refractivity contribution in [2.75, 3.05) is 5.32 Å². The molecule has 0 amide bonds. The van der Waals surface area contributed by atoms with E-state index in [-0.39, 0.29) is 0 Å². The van der Waals surface area contributed by atoms with Crippen LogP contribution in [0.3, 0.4) is 0 Å². The number of nitrogens with one attached hydrogen (secondary N) is 1. The van der Waals surface area contributed by atoms with Gasteiger partial charge in [-0.05, 0) is 68.1 Å². The lowest BCUT2D eigenvalue weighted by molar-refractivity contribution is 1.55. The molecule has 1 nitrogen and oxygen atoms in total. The molecule has 0 aliphatic heterocycles. The summed E-state index contributed by atoms with van der Waals surface area (Å²) in [5, 5.41) is 9.38. The molecule has 0 aliphatic rings. The van der Waals surface area contributed by atoms with Crippen molar-refractivity contribution in [1.82, 2.24) is 0 Å². The molecule has 0 unspecified atom stereocenters. The summed E-state index contributed by atoms with van der Waals surface area (Å²) in [7, 11) is 32.0. The zero-order valence-electron chi connectivity index (χ0n) is 31.1. The van der Waals surface area contributed by atoms with Crippen LogP contribution in [0.5, 0.6) is 0 Å². The molecular formula is C32H37B14N. The fourth-order valence-corrected chi connectivity index (χ4v) is 8.54. The summed E-state index contributed by atoms with van der Waals surface area (Å²) in [5.74, 6) is 0. The number of fused-ring (bicyclic) bond motifs is 2. The Morgan fingerprint density at radius 2 is 0.489 bits per heavy atom. The van der Waals surface area contributed by atoms with Crippen LogP contribution in [0.4, 0.5) is 11.4 Å². The van der Waals surface area contributed by atoms with E-state index in [1.165, 1.54) is 120 Å². The molecule has 0 heterocycles. The van der Waals surface area contributed by atoms with Crippen LogP contribution in [0.2, 0.25) is 0 Å². The first kappa shape index (κ1) is 33.5. The monoisotopic (exact) mass is 589 g/mol. The van der Waals surface area contributed by atoms with E-state index in [9.17, 15) is 0 Å². The number of hydrogen-bond donors (Lipinski definition) is 1. The van der Waals surface area contributed by atoms with Crippen LogP contribution < -0.4 is 81.8 Å². The van der Waals surface area contributed by atoms with Gasteiger partial charge < -0.3 is 5.32 Å². The molecule has 212 valence electrons. The van der Waals surface area contributed by atoms with Gasteiger partial charge in [-0.25, -0.2) is 0 Å². The fraction of sp³-hybridized carbons (Fsp3) is 0. The van der Waals surface area contributed by atoms with Gasteiger partial charge in [-0.15, -0.1) is 21.9 Å². The van der Waals surface area contributed by atoms with Crippen molar-refractivity contribution in [1.29, 1.82) is 0 Å². The maximum Gasteiger partial charge on any atom is 0.140 e. The van der Waals surface area contributed by atoms with E-state index >= 15 is 0 Å². The Labute approximate surface area is 294 Å². The van der Waals surface area contributed by atoms with Gasteiger partial charge in [-0.1, -0.05) is 78.9 Å². The van der Waals surface area contributed by atoms with Crippen LogP contribution >= 0.6 is 0 Å². The Morgan fingerprint density at radius 1 is 0.255 bits per heavy atom. The summed E-state index contributed by atoms with van der Waals surface area (Å²) in [5.41, 5.74) is 27.1. The lowest BCUT2D eigenvalue weighted by Gasteiger charge is -2.24. The van der Waals surface area contributed by atoms with Crippen LogP contribution in [0.25, 0.3) is 43.8 Å². The molecule has 6 aromatic carbocycles. The van der Waals surface area contributed by atoms with Crippen molar-refractivity contribution in [2.45, 2.75) is 0 Å². The first-order chi connectivity index (χ1) is 22.2. The third kappa shape index (κ3) is 5.15. The summed E-state index contributed by atoms with van der Waals surface area (Å²) >= 11 is 0. The van der Waals surface area contributed by atoms with Gasteiger partial charge >= 0.3 is 0 Å². The lowest BCUT2D eigenvalue weighted by atomic mass is 9.58. The van der Waals surface area contributed by atoms with E-state index in [0.717, 1.165) is 11.4 Å². The molecule has 0 atom stereocenters. The van der Waals surface area contributed by atoms with E-state index in [0.29, 0.717) is 0 Å². The Bertz CT molecular complexity index is 2140. The second-order valence-corrected chi connectivity index (χ2v) is 14.3. The van der Waals surface area contributed by atoms with Crippen LogP contribution in [0, 0.1) is 0 Å². The first-order valence-corrected chi connectivity index (χ1v) is 17.1. The van der Waals surface area contributed by atoms with Gasteiger partial charge in [0.1, 0.15) is 110 Å². The average Bonchev–Trinajstić information content (AvgIpc) is 3.05. The van der Waals surface area contributed by atoms with Crippen LogP contribution in [-0.2, 0) is 0 Å². The second-order valence-electron chi connectivity index (χ2n) is 14.3. The number of benzene rings is 6. The Balaban J connectivity index is 1.34. The van der Waals surface area contributed by atoms with Gasteiger partial charge in [0, 0.05) is 11.4 Å². The fourth-order valence-electron chi connectivity index (χ4n) is 8.54. The lowest BCUT2D eigenvalue weighted by Crippen LogP contribution is -2.52. The maximum atomic E-state index is 3.66. The van der Waals surface area contributed by atoms with Crippen molar-refractivity contribution in [3.05, 3.63) is 48.5 Å². The Kier molecular flexibility index (Phi) is 8.69. The highest BCUT2D eigenvalue weighted by Gasteiger charge is 2.20. The van der Waals surface area contributed by atoms with Gasteiger partial charge in [0.2, 0.25) is 0 Å². The number of hydrogen-bond acceptors (Lipinski definition) is 1. The summed E-state index contributed by atoms with van der Waals surface area (Å²) < 4.78 is 0. The maximum absolute atomic E-state index is 3.66. The summed E-state index contributed by atoms with van der Waals surface area (Å²) in [6.07, 6.45) is 0. The molecule has 0 fully saturated rings. The number of rotatable bonds is 4. The standard InChI is InChI=1S/C32H37B14N/c33-19-13(21(35)23(37)17-15(19)25(39)29(43)31(45)27(17)41)9-1-5-11(6-2-9)47-12-7-3-10(4-8-12)14-20(34)16-18(24(38)22(14)36)28(42)32(46)30(44)26(16)40/h1-8,47H,33-46H2. The van der Waals surface area contributed by atoms with E-state index in [4.69, 9.17) is 0 Å². The molecular weight excluding hydrogens is 550 g/mol. The number of anilines is 2. The molecule has 0 aliphatic carbocycles. The predicted octanol–water partition coefficient (Wildman–Crippen LogP) is -15.3. The van der Waals surface area contributed by atoms with Crippen molar-refractivity contribution in [3.63, 3.8) is 0 Å². The highest BCUT2D eigenvalue weighted by atomic mass is 14.9. The molecule has 0 radical (unpaired) electrons. The van der Waals surface area contributed by atoms with E-state index in [1.807, 2.05) is 0 Å². The van der Waals surface area contributed by atoms with Gasteiger partial charge in [-0.3, -0.25) is 0 Å². The third-order valence-corrected chi connectivity index (χ3v) is 12.1. The molecule has 1 N–H and O–H groups in total. The minimum absolute atomic E-state index is 1.10. The zero-order valence-corrected chi connectivity index (χ0v) is 31.1. The van der Waals surface area contributed by atoms with Crippen LogP contribution in [0.15, 0.2) is 48.5 Å². The van der Waals surface area contributed by atoms with Gasteiger partial charge in [0.05, 0.1) is 0 Å². The summed E-state index contributed by atoms with van der Waals surface area (Å²) in [6.45, 7) is 0. The molecule has 15 heteroatoms. The SMILES string of the molecule is Bc1c(B)c(B)c2c(B)c(-c3ccc(Nc4ccc(-c5c(B)c(B)c6c(B)c(B)c(B)c(B)c6c5B)cc4)cc3)c(B)c(B)c2c1B. The van der Waals surface area contributed by atoms with Gasteiger partial charge in [0.15, 0.2) is 0 Å². The van der Waals surface area contributed by atoms with Crippen molar-refractivity contribution < 1.29 is 0 Å². The molecule has 0 spiro atoms. The molecule has 0 bridgehead atoms. The molecule has 0 saturated carbocycles. The Hall–Kier alpha value is -3.45. The van der Waals surface area contributed by atoms with E-state index in [2.05, 4.69) is 164 Å². The predicted molar refractivity (Wildman–Crippen MR) is 257 cm³/mol. The second kappa shape index (κ2) is 12.2.